The van der Waals surface area contributed by atoms with Gasteiger partial charge in [-0.1, -0.05) is 54.6 Å². The molecule has 7 heteroatoms. The van der Waals surface area contributed by atoms with Crippen LogP contribution in [0, 0.1) is 0 Å². The largest absolute Gasteiger partial charge is 0.380 e. The lowest BCUT2D eigenvalue weighted by Crippen LogP contribution is -2.20. The Balaban J connectivity index is 1.81. The van der Waals surface area contributed by atoms with Crippen LogP contribution >= 0.6 is 0 Å². The molecule has 5 aromatic rings. The molecule has 30 heavy (non-hydrogen) atoms. The lowest BCUT2D eigenvalue weighted by atomic mass is 9.84. The topological polar surface area (TPSA) is 101 Å². The van der Waals surface area contributed by atoms with Crippen LogP contribution in [0.2, 0.25) is 0 Å². The van der Waals surface area contributed by atoms with E-state index < -0.39 is 10.3 Å². The molecule has 0 saturated carbocycles. The monoisotopic (exact) mass is 417 g/mol. The number of aromatic amines is 2. The van der Waals surface area contributed by atoms with E-state index in [1.807, 2.05) is 73.1 Å². The minimum Gasteiger partial charge on any atom is -0.371 e. The van der Waals surface area contributed by atoms with Crippen molar-refractivity contribution < 1.29 is 12.6 Å². The first-order chi connectivity index (χ1) is 14.5. The molecule has 0 atom stereocenters. The second kappa shape index (κ2) is 7.05. The van der Waals surface area contributed by atoms with Gasteiger partial charge in [0.25, 0.3) is 0 Å². The third-order valence-corrected chi connectivity index (χ3v) is 5.71. The molecule has 2 heterocycles. The number of nitrogens with one attached hydrogen (secondary N) is 2. The van der Waals surface area contributed by atoms with Crippen molar-refractivity contribution >= 4 is 32.1 Å². The van der Waals surface area contributed by atoms with E-state index in [2.05, 4.69) is 9.97 Å². The van der Waals surface area contributed by atoms with Gasteiger partial charge in [-0.05, 0) is 29.3 Å². The lowest BCUT2D eigenvalue weighted by molar-refractivity contribution is 0.484. The highest BCUT2D eigenvalue weighted by molar-refractivity contribution is 7.84. The van der Waals surface area contributed by atoms with E-state index in [0.29, 0.717) is 5.56 Å². The maximum Gasteiger partial charge on any atom is 0.380 e. The van der Waals surface area contributed by atoms with Crippen molar-refractivity contribution in [1.29, 1.82) is 0 Å². The molecule has 0 amide bonds. The average Bonchev–Trinajstić information content (AvgIpc) is 3.34. The van der Waals surface area contributed by atoms with Gasteiger partial charge < -0.3 is 14.2 Å². The van der Waals surface area contributed by atoms with E-state index in [0.717, 1.165) is 32.9 Å². The van der Waals surface area contributed by atoms with Gasteiger partial charge in [-0.2, -0.15) is 13.6 Å². The van der Waals surface area contributed by atoms with Crippen LogP contribution in [-0.4, -0.2) is 18.4 Å². The van der Waals surface area contributed by atoms with Gasteiger partial charge in [0.15, 0.2) is 0 Å². The highest BCUT2D eigenvalue weighted by Gasteiger charge is 2.26. The number of hydrogen-bond acceptors (Lipinski definition) is 3. The number of aromatic nitrogens is 2. The van der Waals surface area contributed by atoms with E-state index in [-0.39, 0.29) is 11.7 Å². The Morgan fingerprint density at radius 3 is 1.77 bits per heavy atom. The maximum atomic E-state index is 11.7. The summed E-state index contributed by atoms with van der Waals surface area (Å²) >= 11 is 0. The van der Waals surface area contributed by atoms with Gasteiger partial charge in [0.05, 0.1) is 0 Å². The minimum atomic E-state index is -4.17. The molecule has 0 spiro atoms. The van der Waals surface area contributed by atoms with E-state index in [1.54, 1.807) is 12.1 Å². The van der Waals surface area contributed by atoms with Crippen molar-refractivity contribution in [1.82, 2.24) is 9.97 Å². The molecule has 0 aliphatic heterocycles. The first-order valence-electron chi connectivity index (χ1n) is 9.44. The number of fused-ring (bicyclic) bond motifs is 2. The Hall–Kier alpha value is -3.55. The van der Waals surface area contributed by atoms with Crippen LogP contribution in [0.25, 0.3) is 21.8 Å². The summed E-state index contributed by atoms with van der Waals surface area (Å²) in [5.74, 6) is -0.0733. The third-order valence-electron chi connectivity index (χ3n) is 5.30. The number of rotatable bonds is 5. The summed E-state index contributed by atoms with van der Waals surface area (Å²) in [5.41, 5.74) is 4.74. The molecule has 0 radical (unpaired) electrons. The van der Waals surface area contributed by atoms with E-state index in [1.165, 1.54) is 0 Å². The van der Waals surface area contributed by atoms with Crippen LogP contribution in [0.1, 0.15) is 22.6 Å². The zero-order valence-electron chi connectivity index (χ0n) is 15.9. The predicted molar refractivity (Wildman–Crippen MR) is 118 cm³/mol. The molecule has 0 saturated heterocycles. The number of benzene rings is 3. The van der Waals surface area contributed by atoms with Crippen LogP contribution in [0.3, 0.4) is 0 Å². The van der Waals surface area contributed by atoms with E-state index in [9.17, 15) is 8.42 Å². The summed E-state index contributed by atoms with van der Waals surface area (Å²) in [7, 11) is -4.17. The van der Waals surface area contributed by atoms with Crippen LogP contribution in [0.5, 0.6) is 5.75 Å². The van der Waals surface area contributed by atoms with Gasteiger partial charge in [-0.3, -0.25) is 0 Å². The fraction of sp³-hybridized carbons (Fsp3) is 0.0435. The number of H-pyrrole nitrogens is 2. The van der Waals surface area contributed by atoms with Crippen molar-refractivity contribution in [3.05, 3.63) is 102 Å². The fourth-order valence-corrected chi connectivity index (χ4v) is 4.49. The molecular weight excluding hydrogens is 398 g/mol. The Morgan fingerprint density at radius 1 is 0.700 bits per heavy atom. The van der Waals surface area contributed by atoms with Crippen molar-refractivity contribution in [2.75, 3.05) is 0 Å². The molecule has 2 aromatic heterocycles. The van der Waals surface area contributed by atoms with Crippen molar-refractivity contribution in [2.45, 2.75) is 5.92 Å². The summed E-state index contributed by atoms with van der Waals surface area (Å²) in [4.78, 5) is 6.64. The highest BCUT2D eigenvalue weighted by atomic mass is 32.2. The minimum absolute atomic E-state index is 0.209. The molecule has 4 N–H and O–H groups in total. The zero-order chi connectivity index (χ0) is 20.7. The lowest BCUT2D eigenvalue weighted by Gasteiger charge is -2.20. The van der Waals surface area contributed by atoms with Crippen LogP contribution in [-0.2, 0) is 10.3 Å². The molecule has 6 nitrogen and oxygen atoms in total. The summed E-state index contributed by atoms with van der Waals surface area (Å²) in [6.45, 7) is 0. The summed E-state index contributed by atoms with van der Waals surface area (Å²) < 4.78 is 28.6. The molecule has 0 aliphatic rings. The Kier molecular flexibility index (Phi) is 4.34. The first kappa shape index (κ1) is 18.5. The van der Waals surface area contributed by atoms with Crippen molar-refractivity contribution in [2.24, 2.45) is 5.14 Å². The zero-order valence-corrected chi connectivity index (χ0v) is 16.7. The molecule has 150 valence electrons. The van der Waals surface area contributed by atoms with Crippen molar-refractivity contribution in [3.63, 3.8) is 0 Å². The number of nitrogens with two attached hydrogens (primary N) is 1. The Bertz CT molecular complexity index is 1390. The first-order valence-corrected chi connectivity index (χ1v) is 10.9. The highest BCUT2D eigenvalue weighted by Crippen LogP contribution is 2.42. The number of hydrogen-bond donors (Lipinski definition) is 3. The molecule has 0 fully saturated rings. The van der Waals surface area contributed by atoms with Gasteiger partial charge in [-0.25, -0.2) is 0 Å². The van der Waals surface area contributed by atoms with Gasteiger partial charge >= 0.3 is 10.3 Å². The van der Waals surface area contributed by atoms with E-state index in [4.69, 9.17) is 9.32 Å². The van der Waals surface area contributed by atoms with Crippen molar-refractivity contribution in [3.8, 4) is 5.75 Å². The van der Waals surface area contributed by atoms with Gasteiger partial charge in [0.2, 0.25) is 0 Å². The molecular formula is C23H19N3O3S. The van der Waals surface area contributed by atoms with Crippen LogP contribution < -0.4 is 9.32 Å². The number of para-hydroxylation sites is 3. The second-order valence-electron chi connectivity index (χ2n) is 7.13. The molecule has 5 rings (SSSR count). The molecule has 0 aliphatic carbocycles. The fourth-order valence-electron chi connectivity index (χ4n) is 4.09. The maximum absolute atomic E-state index is 11.7. The molecule has 3 aromatic carbocycles. The Labute approximate surface area is 173 Å². The summed E-state index contributed by atoms with van der Waals surface area (Å²) in [6.07, 6.45) is 3.93. The SMILES string of the molecule is NS(=O)(=O)Oc1ccccc1C(c1c[nH]c2ccccc12)c1c[nH]c2ccccc12. The predicted octanol–water partition coefficient (Wildman–Crippen LogP) is 4.41. The van der Waals surface area contributed by atoms with Crippen LogP contribution in [0.4, 0.5) is 0 Å². The quantitative estimate of drug-likeness (QED) is 0.395. The standard InChI is InChI=1S/C23H19N3O3S/c24-30(27,28)29-22-12-6-3-9-17(22)23(18-13-25-20-10-4-1-7-15(18)20)19-14-26-21-11-5-2-8-16(19)21/h1-14,23,25-26H,(H2,24,27,28). The smallest absolute Gasteiger partial charge is 0.371 e. The molecule has 0 bridgehead atoms. The van der Waals surface area contributed by atoms with E-state index >= 15 is 0 Å². The normalized spacial score (nSPS) is 12.1. The second-order valence-corrected chi connectivity index (χ2v) is 8.28. The van der Waals surface area contributed by atoms with Gasteiger partial charge in [-0.15, -0.1) is 0 Å². The molecule has 0 unspecified atom stereocenters. The summed E-state index contributed by atoms with van der Waals surface area (Å²) in [5, 5.41) is 7.30. The average molecular weight is 417 g/mol. The van der Waals surface area contributed by atoms with Gasteiger partial charge in [0, 0.05) is 45.7 Å². The Morgan fingerprint density at radius 2 is 1.20 bits per heavy atom. The summed E-state index contributed by atoms with van der Waals surface area (Å²) in [6, 6.07) is 23.1. The third kappa shape index (κ3) is 3.24. The van der Waals surface area contributed by atoms with Crippen LogP contribution in [0.15, 0.2) is 85.2 Å². The van der Waals surface area contributed by atoms with Gasteiger partial charge in [0.1, 0.15) is 5.75 Å².